The largest absolute Gasteiger partial charge is 0.354 e. The molecule has 0 unspecified atom stereocenters. The fourth-order valence-corrected chi connectivity index (χ4v) is 5.65. The zero-order valence-corrected chi connectivity index (χ0v) is 25.4. The third-order valence-electron chi connectivity index (χ3n) is 6.42. The van der Waals surface area contributed by atoms with Crippen LogP contribution in [-0.4, -0.2) is 50.5 Å². The standard InChI is InChI=1S/C30H34Cl2FN3O4S/c1-3-17-34-30(38)28(20-22-8-5-4-6-9-22)35(21-23-11-16-26(31)27(32)19-23)29(37)10-7-18-36(41(2,39)40)25-14-12-24(33)13-15-25/h4-6,8-9,11-16,19,28H,3,7,10,17-18,20-21H2,1-2H3,(H,34,38)/t28-/m0/s1. The zero-order chi connectivity index (χ0) is 30.0. The first-order chi connectivity index (χ1) is 19.5. The van der Waals surface area contributed by atoms with Crippen molar-refractivity contribution >= 4 is 50.7 Å². The molecule has 0 bridgehead atoms. The average molecular weight is 623 g/mol. The minimum Gasteiger partial charge on any atom is -0.354 e. The monoisotopic (exact) mass is 621 g/mol. The van der Waals surface area contributed by atoms with Crippen LogP contribution in [0.15, 0.2) is 72.8 Å². The molecule has 3 aromatic carbocycles. The second-order valence-corrected chi connectivity index (χ2v) is 12.4. The number of rotatable bonds is 14. The van der Waals surface area contributed by atoms with Crippen LogP contribution in [0.4, 0.5) is 10.1 Å². The quantitative estimate of drug-likeness (QED) is 0.245. The van der Waals surface area contributed by atoms with Gasteiger partial charge in [-0.2, -0.15) is 0 Å². The van der Waals surface area contributed by atoms with Crippen LogP contribution in [0, 0.1) is 5.82 Å². The van der Waals surface area contributed by atoms with Crippen molar-refractivity contribution in [1.29, 1.82) is 0 Å². The van der Waals surface area contributed by atoms with Gasteiger partial charge < -0.3 is 10.2 Å². The molecule has 220 valence electrons. The minimum absolute atomic E-state index is 0.00218. The molecule has 0 saturated heterocycles. The van der Waals surface area contributed by atoms with Gasteiger partial charge in [-0.3, -0.25) is 13.9 Å². The maximum Gasteiger partial charge on any atom is 0.243 e. The normalized spacial score (nSPS) is 12.0. The Labute approximate surface area is 251 Å². The Bertz CT molecular complexity index is 1420. The lowest BCUT2D eigenvalue weighted by Crippen LogP contribution is -2.50. The molecule has 2 amide bonds. The van der Waals surface area contributed by atoms with E-state index in [1.54, 1.807) is 18.2 Å². The van der Waals surface area contributed by atoms with Crippen molar-refractivity contribution in [3.63, 3.8) is 0 Å². The number of hydrogen-bond donors (Lipinski definition) is 1. The minimum atomic E-state index is -3.69. The molecule has 1 atom stereocenters. The topological polar surface area (TPSA) is 86.8 Å². The van der Waals surface area contributed by atoms with E-state index in [-0.39, 0.29) is 44.2 Å². The van der Waals surface area contributed by atoms with Crippen LogP contribution in [0.25, 0.3) is 0 Å². The molecule has 0 aliphatic rings. The number of nitrogens with one attached hydrogen (secondary N) is 1. The highest BCUT2D eigenvalue weighted by Crippen LogP contribution is 2.25. The van der Waals surface area contributed by atoms with Crippen LogP contribution < -0.4 is 9.62 Å². The Morgan fingerprint density at radius 3 is 2.24 bits per heavy atom. The van der Waals surface area contributed by atoms with Crippen LogP contribution in [0.3, 0.4) is 0 Å². The molecule has 41 heavy (non-hydrogen) atoms. The van der Waals surface area contributed by atoms with E-state index in [1.807, 2.05) is 37.3 Å². The number of sulfonamides is 1. The summed E-state index contributed by atoms with van der Waals surface area (Å²) in [6.07, 6.45) is 2.23. The molecule has 1 N–H and O–H groups in total. The molecule has 0 aromatic heterocycles. The molecule has 0 aliphatic heterocycles. The molecule has 0 radical (unpaired) electrons. The molecule has 0 aliphatic carbocycles. The molecule has 11 heteroatoms. The first kappa shape index (κ1) is 32.4. The van der Waals surface area contributed by atoms with Gasteiger partial charge in [0.25, 0.3) is 0 Å². The smallest absolute Gasteiger partial charge is 0.243 e. The van der Waals surface area contributed by atoms with Gasteiger partial charge in [-0.15, -0.1) is 0 Å². The van der Waals surface area contributed by atoms with E-state index in [9.17, 15) is 22.4 Å². The van der Waals surface area contributed by atoms with E-state index in [1.165, 1.54) is 29.2 Å². The highest BCUT2D eigenvalue weighted by atomic mass is 35.5. The van der Waals surface area contributed by atoms with Gasteiger partial charge in [-0.1, -0.05) is 66.5 Å². The summed E-state index contributed by atoms with van der Waals surface area (Å²) in [6, 6.07) is 18.8. The Kier molecular flexibility index (Phi) is 12.0. The fourth-order valence-electron chi connectivity index (χ4n) is 4.37. The summed E-state index contributed by atoms with van der Waals surface area (Å²) < 4.78 is 39.5. The van der Waals surface area contributed by atoms with Crippen molar-refractivity contribution in [2.24, 2.45) is 0 Å². The third-order valence-corrected chi connectivity index (χ3v) is 8.36. The van der Waals surface area contributed by atoms with E-state index < -0.39 is 21.9 Å². The summed E-state index contributed by atoms with van der Waals surface area (Å²) in [5.41, 5.74) is 1.88. The van der Waals surface area contributed by atoms with E-state index in [0.717, 1.165) is 22.5 Å². The Morgan fingerprint density at radius 1 is 0.951 bits per heavy atom. The van der Waals surface area contributed by atoms with Crippen LogP contribution in [0.1, 0.15) is 37.3 Å². The first-order valence-electron chi connectivity index (χ1n) is 13.3. The van der Waals surface area contributed by atoms with Crippen molar-refractivity contribution in [2.45, 2.75) is 45.2 Å². The van der Waals surface area contributed by atoms with Gasteiger partial charge in [0.1, 0.15) is 11.9 Å². The molecular formula is C30H34Cl2FN3O4S. The third kappa shape index (κ3) is 9.73. The maximum absolute atomic E-state index is 13.8. The highest BCUT2D eigenvalue weighted by Gasteiger charge is 2.30. The lowest BCUT2D eigenvalue weighted by atomic mass is 10.0. The van der Waals surface area contributed by atoms with Crippen LogP contribution in [0.2, 0.25) is 10.0 Å². The molecular weight excluding hydrogens is 588 g/mol. The fraction of sp³-hybridized carbons (Fsp3) is 0.333. The molecule has 3 aromatic rings. The van der Waals surface area contributed by atoms with Gasteiger partial charge >= 0.3 is 0 Å². The van der Waals surface area contributed by atoms with Gasteiger partial charge in [0.2, 0.25) is 21.8 Å². The number of hydrogen-bond acceptors (Lipinski definition) is 4. The summed E-state index contributed by atoms with van der Waals surface area (Å²) in [6.45, 7) is 2.50. The summed E-state index contributed by atoms with van der Waals surface area (Å²) >= 11 is 12.3. The number of nitrogens with zero attached hydrogens (tertiary/aromatic N) is 2. The van der Waals surface area contributed by atoms with Crippen molar-refractivity contribution in [1.82, 2.24) is 10.2 Å². The predicted octanol–water partition coefficient (Wildman–Crippen LogP) is 5.85. The average Bonchev–Trinajstić information content (AvgIpc) is 2.94. The molecule has 3 rings (SSSR count). The number of amides is 2. The Hall–Kier alpha value is -3.14. The zero-order valence-electron chi connectivity index (χ0n) is 23.0. The number of halogens is 3. The van der Waals surface area contributed by atoms with Crippen molar-refractivity contribution in [3.8, 4) is 0 Å². The lowest BCUT2D eigenvalue weighted by Gasteiger charge is -2.32. The molecule has 0 saturated carbocycles. The number of anilines is 1. The van der Waals surface area contributed by atoms with Crippen LogP contribution in [0.5, 0.6) is 0 Å². The van der Waals surface area contributed by atoms with E-state index in [2.05, 4.69) is 5.32 Å². The molecule has 7 nitrogen and oxygen atoms in total. The highest BCUT2D eigenvalue weighted by molar-refractivity contribution is 7.92. The van der Waals surface area contributed by atoms with Crippen LogP contribution >= 0.6 is 23.2 Å². The van der Waals surface area contributed by atoms with Gasteiger partial charge in [0.05, 0.1) is 22.0 Å². The second kappa shape index (κ2) is 15.2. The van der Waals surface area contributed by atoms with Crippen LogP contribution in [-0.2, 0) is 32.6 Å². The van der Waals surface area contributed by atoms with Crippen molar-refractivity contribution in [3.05, 3.63) is 99.8 Å². The molecule has 0 heterocycles. The Balaban J connectivity index is 1.88. The summed E-state index contributed by atoms with van der Waals surface area (Å²) in [7, 11) is -3.69. The number of benzene rings is 3. The molecule has 0 fully saturated rings. The van der Waals surface area contributed by atoms with E-state index >= 15 is 0 Å². The SMILES string of the molecule is CCCNC(=O)[C@H](Cc1ccccc1)N(Cc1ccc(Cl)c(Cl)c1)C(=O)CCCN(c1ccc(F)cc1)S(C)(=O)=O. The van der Waals surface area contributed by atoms with Crippen molar-refractivity contribution < 1.29 is 22.4 Å². The predicted molar refractivity (Wildman–Crippen MR) is 162 cm³/mol. The van der Waals surface area contributed by atoms with Gasteiger partial charge in [0.15, 0.2) is 0 Å². The van der Waals surface area contributed by atoms with E-state index in [0.29, 0.717) is 27.8 Å². The number of carbonyl (C=O) groups is 2. The Morgan fingerprint density at radius 2 is 1.63 bits per heavy atom. The van der Waals surface area contributed by atoms with Gasteiger partial charge in [-0.25, -0.2) is 12.8 Å². The second-order valence-electron chi connectivity index (χ2n) is 9.68. The van der Waals surface area contributed by atoms with Gasteiger partial charge in [-0.05, 0) is 60.4 Å². The molecule has 0 spiro atoms. The summed E-state index contributed by atoms with van der Waals surface area (Å²) in [4.78, 5) is 28.7. The van der Waals surface area contributed by atoms with E-state index in [4.69, 9.17) is 23.2 Å². The maximum atomic E-state index is 13.8. The lowest BCUT2D eigenvalue weighted by molar-refractivity contribution is -0.141. The summed E-state index contributed by atoms with van der Waals surface area (Å²) in [5, 5.41) is 3.62. The van der Waals surface area contributed by atoms with Gasteiger partial charge in [0, 0.05) is 32.5 Å². The first-order valence-corrected chi connectivity index (χ1v) is 15.9. The van der Waals surface area contributed by atoms with Crippen molar-refractivity contribution in [2.75, 3.05) is 23.7 Å². The summed E-state index contributed by atoms with van der Waals surface area (Å²) in [5.74, 6) is -1.09. The number of carbonyl (C=O) groups excluding carboxylic acids is 2.